The molecule has 0 bridgehead atoms. The van der Waals surface area contributed by atoms with Crippen molar-refractivity contribution in [3.8, 4) is 11.5 Å². The number of carbonyl (C=O) groups excluding carboxylic acids is 1. The third-order valence-corrected chi connectivity index (χ3v) is 3.03. The molecule has 0 saturated carbocycles. The second-order valence-corrected chi connectivity index (χ2v) is 4.79. The predicted molar refractivity (Wildman–Crippen MR) is 87.2 cm³/mol. The van der Waals surface area contributed by atoms with Gasteiger partial charge in [-0.2, -0.15) is 0 Å². The third kappa shape index (κ3) is 4.42. The van der Waals surface area contributed by atoms with Gasteiger partial charge in [0.15, 0.2) is 6.10 Å². The molecule has 8 nitrogen and oxygen atoms in total. The molecule has 8 heteroatoms. The molecule has 1 unspecified atom stereocenters. The number of nitrogens with one attached hydrogen (secondary N) is 1. The molecule has 24 heavy (non-hydrogen) atoms. The van der Waals surface area contributed by atoms with Gasteiger partial charge in [0, 0.05) is 5.69 Å². The fraction of sp³-hybridized carbons (Fsp3) is 0.250. The van der Waals surface area contributed by atoms with Gasteiger partial charge in [0.25, 0.3) is 5.91 Å². The fourth-order valence-electron chi connectivity index (χ4n) is 1.90. The number of nitro groups is 1. The van der Waals surface area contributed by atoms with Gasteiger partial charge in [0.1, 0.15) is 11.9 Å². The lowest BCUT2D eigenvalue weighted by molar-refractivity contribution is -0.390. The van der Waals surface area contributed by atoms with E-state index >= 15 is 0 Å². The molecule has 1 aromatic carbocycles. The van der Waals surface area contributed by atoms with Crippen molar-refractivity contribution in [1.29, 1.82) is 0 Å². The lowest BCUT2D eigenvalue weighted by Gasteiger charge is -2.14. The lowest BCUT2D eigenvalue weighted by atomic mass is 10.3. The highest BCUT2D eigenvalue weighted by Gasteiger charge is 2.21. The van der Waals surface area contributed by atoms with Crippen molar-refractivity contribution in [2.45, 2.75) is 20.0 Å². The smallest absolute Gasteiger partial charge is 0.406 e. The van der Waals surface area contributed by atoms with Crippen LogP contribution < -0.4 is 14.8 Å². The molecule has 1 atom stereocenters. The SMILES string of the molecule is CCOc1ccc(NC(=O)C(C)Oc2cccnc2[N+](=O)[O-])cc1. The molecule has 126 valence electrons. The van der Waals surface area contributed by atoms with Gasteiger partial charge >= 0.3 is 5.82 Å². The number of benzene rings is 1. The van der Waals surface area contributed by atoms with Gasteiger partial charge in [-0.3, -0.25) is 4.79 Å². The van der Waals surface area contributed by atoms with Crippen LogP contribution in [-0.4, -0.2) is 28.5 Å². The number of ether oxygens (including phenoxy) is 2. The summed E-state index contributed by atoms with van der Waals surface area (Å²) in [7, 11) is 0. The van der Waals surface area contributed by atoms with E-state index in [4.69, 9.17) is 9.47 Å². The summed E-state index contributed by atoms with van der Waals surface area (Å²) >= 11 is 0. The first-order chi connectivity index (χ1) is 11.5. The van der Waals surface area contributed by atoms with Gasteiger partial charge in [0.05, 0.1) is 6.61 Å². The van der Waals surface area contributed by atoms with Crippen molar-refractivity contribution in [1.82, 2.24) is 4.98 Å². The molecular weight excluding hydrogens is 314 g/mol. The molecule has 0 spiro atoms. The van der Waals surface area contributed by atoms with Crippen LogP contribution in [0.4, 0.5) is 11.5 Å². The highest BCUT2D eigenvalue weighted by atomic mass is 16.6. The van der Waals surface area contributed by atoms with E-state index in [1.807, 2.05) is 6.92 Å². The van der Waals surface area contributed by atoms with Crippen LogP contribution in [0.2, 0.25) is 0 Å². The summed E-state index contributed by atoms with van der Waals surface area (Å²) < 4.78 is 10.7. The number of hydrogen-bond acceptors (Lipinski definition) is 6. The Morgan fingerprint density at radius 1 is 1.33 bits per heavy atom. The minimum Gasteiger partial charge on any atom is -0.494 e. The Labute approximate surface area is 138 Å². The summed E-state index contributed by atoms with van der Waals surface area (Å²) in [6.07, 6.45) is 0.356. The Hall–Kier alpha value is -3.16. The molecule has 0 fully saturated rings. The molecule has 1 aromatic heterocycles. The summed E-state index contributed by atoms with van der Waals surface area (Å²) in [4.78, 5) is 26.0. The average Bonchev–Trinajstić information content (AvgIpc) is 2.57. The maximum atomic E-state index is 12.2. The van der Waals surface area contributed by atoms with Crippen molar-refractivity contribution >= 4 is 17.4 Å². The van der Waals surface area contributed by atoms with Crippen molar-refractivity contribution in [3.63, 3.8) is 0 Å². The molecule has 0 aliphatic heterocycles. The number of aromatic nitrogens is 1. The van der Waals surface area contributed by atoms with E-state index in [1.165, 1.54) is 25.3 Å². The fourth-order valence-corrected chi connectivity index (χ4v) is 1.90. The normalized spacial score (nSPS) is 11.4. The minimum atomic E-state index is -0.931. The number of nitrogens with zero attached hydrogens (tertiary/aromatic N) is 2. The molecule has 0 saturated heterocycles. The Morgan fingerprint density at radius 2 is 2.04 bits per heavy atom. The van der Waals surface area contributed by atoms with Crippen LogP contribution in [0, 0.1) is 10.1 Å². The van der Waals surface area contributed by atoms with Gasteiger partial charge in [-0.1, -0.05) is 0 Å². The topological polar surface area (TPSA) is 104 Å². The standard InChI is InChI=1S/C16H17N3O5/c1-3-23-13-8-6-12(7-9-13)18-16(20)11(2)24-14-5-4-10-17-15(14)19(21)22/h4-11H,3H2,1-2H3,(H,18,20). The first kappa shape index (κ1) is 17.2. The van der Waals surface area contributed by atoms with Crippen LogP contribution in [0.25, 0.3) is 0 Å². The summed E-state index contributed by atoms with van der Waals surface area (Å²) in [6, 6.07) is 9.75. The van der Waals surface area contributed by atoms with Crippen molar-refractivity contribution in [2.24, 2.45) is 0 Å². The van der Waals surface area contributed by atoms with Crippen LogP contribution in [-0.2, 0) is 4.79 Å². The molecule has 1 heterocycles. The van der Waals surface area contributed by atoms with Gasteiger partial charge < -0.3 is 24.9 Å². The van der Waals surface area contributed by atoms with E-state index in [1.54, 1.807) is 24.3 Å². The van der Waals surface area contributed by atoms with Crippen molar-refractivity contribution < 1.29 is 19.2 Å². The van der Waals surface area contributed by atoms with Crippen molar-refractivity contribution in [2.75, 3.05) is 11.9 Å². The number of anilines is 1. The molecule has 1 amide bonds. The molecule has 2 aromatic rings. The Bertz CT molecular complexity index is 718. The summed E-state index contributed by atoms with van der Waals surface area (Å²) in [5.41, 5.74) is 0.569. The predicted octanol–water partition coefficient (Wildman–Crippen LogP) is 2.79. The van der Waals surface area contributed by atoms with Crippen LogP contribution in [0.15, 0.2) is 42.6 Å². The first-order valence-corrected chi connectivity index (χ1v) is 7.31. The van der Waals surface area contributed by atoms with Gasteiger partial charge in [-0.05, 0) is 60.2 Å². The van der Waals surface area contributed by atoms with Crippen LogP contribution in [0.3, 0.4) is 0 Å². The van der Waals surface area contributed by atoms with E-state index in [0.29, 0.717) is 18.0 Å². The highest BCUT2D eigenvalue weighted by molar-refractivity contribution is 5.94. The van der Waals surface area contributed by atoms with E-state index in [9.17, 15) is 14.9 Å². The van der Waals surface area contributed by atoms with Crippen LogP contribution >= 0.6 is 0 Å². The monoisotopic (exact) mass is 331 g/mol. The molecule has 0 aliphatic rings. The van der Waals surface area contributed by atoms with E-state index in [-0.39, 0.29) is 5.75 Å². The quantitative estimate of drug-likeness (QED) is 0.618. The van der Waals surface area contributed by atoms with Crippen LogP contribution in [0.5, 0.6) is 11.5 Å². The second-order valence-electron chi connectivity index (χ2n) is 4.79. The second kappa shape index (κ2) is 7.91. The molecule has 2 rings (SSSR count). The maximum Gasteiger partial charge on any atom is 0.406 e. The Kier molecular flexibility index (Phi) is 5.67. The molecule has 0 aliphatic carbocycles. The van der Waals surface area contributed by atoms with Crippen LogP contribution in [0.1, 0.15) is 13.8 Å². The Balaban J connectivity index is 2.01. The third-order valence-electron chi connectivity index (χ3n) is 3.03. The molecular formula is C16H17N3O5. The first-order valence-electron chi connectivity index (χ1n) is 7.31. The number of rotatable bonds is 7. The average molecular weight is 331 g/mol. The van der Waals surface area contributed by atoms with Gasteiger partial charge in [-0.15, -0.1) is 0 Å². The summed E-state index contributed by atoms with van der Waals surface area (Å²) in [5, 5.41) is 13.6. The van der Waals surface area contributed by atoms with Crippen molar-refractivity contribution in [3.05, 3.63) is 52.7 Å². The van der Waals surface area contributed by atoms with E-state index in [0.717, 1.165) is 0 Å². The minimum absolute atomic E-state index is 0.0585. The largest absolute Gasteiger partial charge is 0.494 e. The Morgan fingerprint density at radius 3 is 2.67 bits per heavy atom. The zero-order valence-electron chi connectivity index (χ0n) is 13.3. The number of carbonyl (C=O) groups is 1. The van der Waals surface area contributed by atoms with E-state index < -0.39 is 22.8 Å². The summed E-state index contributed by atoms with van der Waals surface area (Å²) in [6.45, 7) is 3.94. The highest BCUT2D eigenvalue weighted by Crippen LogP contribution is 2.24. The van der Waals surface area contributed by atoms with Gasteiger partial charge in [0.2, 0.25) is 5.75 Å². The van der Waals surface area contributed by atoms with E-state index in [2.05, 4.69) is 10.3 Å². The molecule has 0 radical (unpaired) electrons. The lowest BCUT2D eigenvalue weighted by Crippen LogP contribution is -2.30. The zero-order valence-corrected chi connectivity index (χ0v) is 13.3. The summed E-state index contributed by atoms with van der Waals surface area (Å²) in [5.74, 6) is -0.224. The molecule has 1 N–H and O–H groups in total. The maximum absolute atomic E-state index is 12.2. The zero-order chi connectivity index (χ0) is 17.5. The number of pyridine rings is 1. The number of amides is 1. The van der Waals surface area contributed by atoms with Gasteiger partial charge in [-0.25, -0.2) is 0 Å². The number of hydrogen-bond donors (Lipinski definition) is 1.